The molecule has 4 rings (SSSR count). The number of rotatable bonds is 2. The van der Waals surface area contributed by atoms with Crippen molar-refractivity contribution >= 4 is 11.0 Å². The summed E-state index contributed by atoms with van der Waals surface area (Å²) in [5, 5.41) is 8.64. The number of hydrogen-bond donors (Lipinski definition) is 0. The van der Waals surface area contributed by atoms with Gasteiger partial charge < -0.3 is 0 Å². The highest BCUT2D eigenvalue weighted by Crippen LogP contribution is 2.57. The van der Waals surface area contributed by atoms with E-state index in [0.29, 0.717) is 5.92 Å². The van der Waals surface area contributed by atoms with Gasteiger partial charge in [-0.2, -0.15) is 0 Å². The standard InChI is InChI=1S/C16H15N3/c1-16(11-13(16)12-7-3-2-4-8-12)19-15-10-6-5-9-14(15)17-18-19/h2-10,13H,11H2,1H3. The van der Waals surface area contributed by atoms with Crippen LogP contribution < -0.4 is 0 Å². The largest absolute Gasteiger partial charge is 0.238 e. The molecule has 3 heteroatoms. The number of fused-ring (bicyclic) bond motifs is 1. The highest BCUT2D eigenvalue weighted by molar-refractivity contribution is 5.74. The molecule has 3 nitrogen and oxygen atoms in total. The summed E-state index contributed by atoms with van der Waals surface area (Å²) in [5.41, 5.74) is 3.56. The zero-order chi connectivity index (χ0) is 12.9. The van der Waals surface area contributed by atoms with Gasteiger partial charge in [0, 0.05) is 5.92 Å². The summed E-state index contributed by atoms with van der Waals surface area (Å²) < 4.78 is 2.10. The average Bonchev–Trinajstić information content (AvgIpc) is 2.97. The predicted molar refractivity (Wildman–Crippen MR) is 75.0 cm³/mol. The van der Waals surface area contributed by atoms with Crippen LogP contribution in [0.25, 0.3) is 11.0 Å². The van der Waals surface area contributed by atoms with Gasteiger partial charge in [-0.1, -0.05) is 47.7 Å². The fourth-order valence-corrected chi connectivity index (χ4v) is 3.00. The van der Waals surface area contributed by atoms with Crippen LogP contribution in [-0.4, -0.2) is 15.0 Å². The minimum atomic E-state index is 0.0669. The van der Waals surface area contributed by atoms with Crippen LogP contribution in [-0.2, 0) is 5.54 Å². The lowest BCUT2D eigenvalue weighted by Crippen LogP contribution is -2.16. The van der Waals surface area contributed by atoms with Gasteiger partial charge in [-0.15, -0.1) is 5.10 Å². The van der Waals surface area contributed by atoms with E-state index in [1.807, 2.05) is 18.2 Å². The molecular formula is C16H15N3. The molecule has 1 fully saturated rings. The molecule has 0 radical (unpaired) electrons. The minimum Gasteiger partial charge on any atom is -0.238 e. The van der Waals surface area contributed by atoms with Crippen molar-refractivity contribution in [1.29, 1.82) is 0 Å². The molecule has 2 unspecified atom stereocenters. The molecule has 1 aromatic heterocycles. The van der Waals surface area contributed by atoms with E-state index in [4.69, 9.17) is 0 Å². The SMILES string of the molecule is CC1(n2nnc3ccccc32)CC1c1ccccc1. The Balaban J connectivity index is 1.78. The number of hydrogen-bond acceptors (Lipinski definition) is 2. The van der Waals surface area contributed by atoms with Gasteiger partial charge in [-0.3, -0.25) is 0 Å². The minimum absolute atomic E-state index is 0.0669. The topological polar surface area (TPSA) is 30.7 Å². The lowest BCUT2D eigenvalue weighted by molar-refractivity contribution is 0.458. The summed E-state index contributed by atoms with van der Waals surface area (Å²) >= 11 is 0. The molecule has 2 atom stereocenters. The van der Waals surface area contributed by atoms with E-state index in [1.54, 1.807) is 0 Å². The molecule has 1 aliphatic rings. The first-order valence-corrected chi connectivity index (χ1v) is 6.65. The Morgan fingerprint density at radius 1 is 1.05 bits per heavy atom. The Bertz CT molecular complexity index is 732. The molecule has 1 aliphatic carbocycles. The molecule has 2 aromatic carbocycles. The van der Waals surface area contributed by atoms with Crippen molar-refractivity contribution in [3.05, 3.63) is 60.2 Å². The first kappa shape index (κ1) is 10.7. The second-order valence-electron chi connectivity index (χ2n) is 5.51. The lowest BCUT2D eigenvalue weighted by Gasteiger charge is -2.12. The summed E-state index contributed by atoms with van der Waals surface area (Å²) in [5.74, 6) is 0.541. The second kappa shape index (κ2) is 3.67. The molecule has 0 bridgehead atoms. The van der Waals surface area contributed by atoms with E-state index in [9.17, 15) is 0 Å². The third kappa shape index (κ3) is 1.51. The van der Waals surface area contributed by atoms with Crippen LogP contribution >= 0.6 is 0 Å². The summed E-state index contributed by atoms with van der Waals surface area (Å²) in [6, 6.07) is 18.8. The normalized spacial score (nSPS) is 25.6. The maximum atomic E-state index is 4.37. The molecule has 1 saturated carbocycles. The molecule has 0 aliphatic heterocycles. The van der Waals surface area contributed by atoms with Gasteiger partial charge >= 0.3 is 0 Å². The molecule has 0 N–H and O–H groups in total. The van der Waals surface area contributed by atoms with Gasteiger partial charge in [0.2, 0.25) is 0 Å². The van der Waals surface area contributed by atoms with E-state index >= 15 is 0 Å². The van der Waals surface area contributed by atoms with Crippen molar-refractivity contribution in [2.45, 2.75) is 24.8 Å². The van der Waals surface area contributed by atoms with Crippen molar-refractivity contribution in [2.24, 2.45) is 0 Å². The quantitative estimate of drug-likeness (QED) is 0.697. The maximum absolute atomic E-state index is 4.37. The first-order chi connectivity index (χ1) is 9.29. The summed E-state index contributed by atoms with van der Waals surface area (Å²) in [6.45, 7) is 2.27. The van der Waals surface area contributed by atoms with Crippen LogP contribution in [0, 0.1) is 0 Å². The summed E-state index contributed by atoms with van der Waals surface area (Å²) in [4.78, 5) is 0. The van der Waals surface area contributed by atoms with E-state index in [0.717, 1.165) is 17.5 Å². The highest BCUT2D eigenvalue weighted by Gasteiger charge is 2.54. The molecule has 0 saturated heterocycles. The molecule has 0 amide bonds. The average molecular weight is 249 g/mol. The van der Waals surface area contributed by atoms with Crippen molar-refractivity contribution in [2.75, 3.05) is 0 Å². The second-order valence-corrected chi connectivity index (χ2v) is 5.51. The van der Waals surface area contributed by atoms with E-state index in [2.05, 4.69) is 58.3 Å². The van der Waals surface area contributed by atoms with Gasteiger partial charge in [0.05, 0.1) is 11.1 Å². The molecule has 94 valence electrons. The zero-order valence-electron chi connectivity index (χ0n) is 10.8. The number of aromatic nitrogens is 3. The van der Waals surface area contributed by atoms with Crippen molar-refractivity contribution in [1.82, 2.24) is 15.0 Å². The van der Waals surface area contributed by atoms with Gasteiger partial charge in [0.25, 0.3) is 0 Å². The van der Waals surface area contributed by atoms with Crippen LogP contribution in [0.15, 0.2) is 54.6 Å². The van der Waals surface area contributed by atoms with Gasteiger partial charge in [-0.05, 0) is 31.0 Å². The highest BCUT2D eigenvalue weighted by atomic mass is 15.5. The van der Waals surface area contributed by atoms with Crippen molar-refractivity contribution in [3.8, 4) is 0 Å². The predicted octanol–water partition coefficient (Wildman–Crippen LogP) is 3.33. The third-order valence-corrected chi connectivity index (χ3v) is 4.25. The van der Waals surface area contributed by atoms with Gasteiger partial charge in [0.1, 0.15) is 5.52 Å². The third-order valence-electron chi connectivity index (χ3n) is 4.25. The maximum Gasteiger partial charge on any atom is 0.113 e. The fourth-order valence-electron chi connectivity index (χ4n) is 3.00. The Kier molecular flexibility index (Phi) is 2.07. The zero-order valence-corrected chi connectivity index (χ0v) is 10.8. The Morgan fingerprint density at radius 2 is 1.79 bits per heavy atom. The van der Waals surface area contributed by atoms with Crippen LogP contribution in [0.4, 0.5) is 0 Å². The van der Waals surface area contributed by atoms with Crippen molar-refractivity contribution in [3.63, 3.8) is 0 Å². The Hall–Kier alpha value is -2.16. The molecular weight excluding hydrogens is 234 g/mol. The molecule has 19 heavy (non-hydrogen) atoms. The van der Waals surface area contributed by atoms with Crippen molar-refractivity contribution < 1.29 is 0 Å². The van der Waals surface area contributed by atoms with Crippen LogP contribution in [0.1, 0.15) is 24.8 Å². The van der Waals surface area contributed by atoms with Gasteiger partial charge in [0.15, 0.2) is 0 Å². The lowest BCUT2D eigenvalue weighted by atomic mass is 10.1. The monoisotopic (exact) mass is 249 g/mol. The number of nitrogens with zero attached hydrogens (tertiary/aromatic N) is 3. The first-order valence-electron chi connectivity index (χ1n) is 6.65. The fraction of sp³-hybridized carbons (Fsp3) is 0.250. The number of benzene rings is 2. The Labute approximate surface area is 111 Å². The molecule has 1 heterocycles. The van der Waals surface area contributed by atoms with Crippen LogP contribution in [0.2, 0.25) is 0 Å². The number of para-hydroxylation sites is 1. The van der Waals surface area contributed by atoms with Crippen LogP contribution in [0.3, 0.4) is 0 Å². The van der Waals surface area contributed by atoms with E-state index < -0.39 is 0 Å². The molecule has 0 spiro atoms. The summed E-state index contributed by atoms with van der Waals surface area (Å²) in [6.07, 6.45) is 1.13. The van der Waals surface area contributed by atoms with E-state index in [1.165, 1.54) is 5.56 Å². The molecule has 3 aromatic rings. The van der Waals surface area contributed by atoms with Crippen LogP contribution in [0.5, 0.6) is 0 Å². The summed E-state index contributed by atoms with van der Waals surface area (Å²) in [7, 11) is 0. The smallest absolute Gasteiger partial charge is 0.113 e. The van der Waals surface area contributed by atoms with E-state index in [-0.39, 0.29) is 5.54 Å². The van der Waals surface area contributed by atoms with Gasteiger partial charge in [-0.25, -0.2) is 4.68 Å². The Morgan fingerprint density at radius 3 is 2.63 bits per heavy atom.